The zero-order valence-electron chi connectivity index (χ0n) is 13.0. The Kier molecular flexibility index (Phi) is 5.52. The van der Waals surface area contributed by atoms with Crippen LogP contribution in [-0.4, -0.2) is 23.3 Å². The number of thiazole rings is 1. The molecule has 3 aromatic rings. The number of rotatable bonds is 6. The van der Waals surface area contributed by atoms with E-state index in [-0.39, 0.29) is 22.3 Å². The summed E-state index contributed by atoms with van der Waals surface area (Å²) in [5.41, 5.74) is 0.433. The number of aromatic nitrogens is 1. The molecule has 5 nitrogen and oxygen atoms in total. The molecule has 1 aromatic carbocycles. The molecule has 0 aliphatic rings. The normalized spacial score (nSPS) is 10.4. The standard InChI is InChI=1S/C17H14FN3O2S2/c18-12-4-1-3-11(9-12)15(22)21-17-20-14(10-25-17)16(23)19-7-6-13-5-2-8-24-13/h1-5,8-10H,6-7H2,(H,19,23)(H,20,21,22). The predicted octanol–water partition coefficient (Wildman–Crippen LogP) is 3.57. The highest BCUT2D eigenvalue weighted by molar-refractivity contribution is 7.14. The number of amides is 2. The van der Waals surface area contributed by atoms with Crippen molar-refractivity contribution in [2.45, 2.75) is 6.42 Å². The summed E-state index contributed by atoms with van der Waals surface area (Å²) >= 11 is 2.78. The van der Waals surface area contributed by atoms with Crippen LogP contribution < -0.4 is 10.6 Å². The van der Waals surface area contributed by atoms with Crippen LogP contribution in [0.3, 0.4) is 0 Å². The summed E-state index contributed by atoms with van der Waals surface area (Å²) in [6.45, 7) is 0.516. The summed E-state index contributed by atoms with van der Waals surface area (Å²) in [4.78, 5) is 29.4. The number of carbonyl (C=O) groups is 2. The molecule has 2 amide bonds. The molecule has 0 radical (unpaired) electrons. The van der Waals surface area contributed by atoms with Crippen LogP contribution in [0.2, 0.25) is 0 Å². The molecule has 0 fully saturated rings. The van der Waals surface area contributed by atoms with Gasteiger partial charge in [-0.05, 0) is 36.1 Å². The first-order valence-electron chi connectivity index (χ1n) is 7.45. The number of thiophene rings is 1. The highest BCUT2D eigenvalue weighted by Crippen LogP contribution is 2.17. The van der Waals surface area contributed by atoms with Crippen LogP contribution in [0.25, 0.3) is 0 Å². The van der Waals surface area contributed by atoms with E-state index < -0.39 is 11.7 Å². The number of hydrogen-bond acceptors (Lipinski definition) is 5. The van der Waals surface area contributed by atoms with Gasteiger partial charge in [0.05, 0.1) is 0 Å². The summed E-state index contributed by atoms with van der Waals surface area (Å²) in [5, 5.41) is 9.21. The molecule has 2 aromatic heterocycles. The van der Waals surface area contributed by atoms with Gasteiger partial charge in [0, 0.05) is 22.4 Å². The fraction of sp³-hybridized carbons (Fsp3) is 0.118. The Morgan fingerprint density at radius 1 is 1.12 bits per heavy atom. The van der Waals surface area contributed by atoms with Gasteiger partial charge in [0.15, 0.2) is 5.13 Å². The number of anilines is 1. The molecule has 2 heterocycles. The second-order valence-corrected chi connectivity index (χ2v) is 6.98. The summed E-state index contributed by atoms with van der Waals surface area (Å²) in [5.74, 6) is -1.25. The second kappa shape index (κ2) is 8.00. The van der Waals surface area contributed by atoms with Crippen molar-refractivity contribution in [3.05, 3.63) is 69.1 Å². The van der Waals surface area contributed by atoms with Crippen molar-refractivity contribution in [2.75, 3.05) is 11.9 Å². The van der Waals surface area contributed by atoms with E-state index in [1.807, 2.05) is 17.5 Å². The Morgan fingerprint density at radius 3 is 2.76 bits per heavy atom. The average molecular weight is 375 g/mol. The van der Waals surface area contributed by atoms with Crippen LogP contribution in [-0.2, 0) is 6.42 Å². The van der Waals surface area contributed by atoms with E-state index in [9.17, 15) is 14.0 Å². The maximum Gasteiger partial charge on any atom is 0.270 e. The minimum Gasteiger partial charge on any atom is -0.350 e. The quantitative estimate of drug-likeness (QED) is 0.692. The van der Waals surface area contributed by atoms with Gasteiger partial charge in [-0.1, -0.05) is 12.1 Å². The van der Waals surface area contributed by atoms with Crippen LogP contribution in [0.5, 0.6) is 0 Å². The molecule has 0 spiro atoms. The van der Waals surface area contributed by atoms with E-state index >= 15 is 0 Å². The zero-order valence-corrected chi connectivity index (χ0v) is 14.6. The summed E-state index contributed by atoms with van der Waals surface area (Å²) in [7, 11) is 0. The molecule has 0 saturated carbocycles. The van der Waals surface area contributed by atoms with E-state index in [0.29, 0.717) is 6.54 Å². The Labute approximate surface area is 151 Å². The molecule has 0 unspecified atom stereocenters. The molecular formula is C17H14FN3O2S2. The highest BCUT2D eigenvalue weighted by atomic mass is 32.1. The summed E-state index contributed by atoms with van der Waals surface area (Å²) in [6, 6.07) is 9.35. The first kappa shape index (κ1) is 17.2. The number of benzene rings is 1. The van der Waals surface area contributed by atoms with Gasteiger partial charge in [-0.3, -0.25) is 14.9 Å². The number of halogens is 1. The van der Waals surface area contributed by atoms with E-state index in [2.05, 4.69) is 15.6 Å². The van der Waals surface area contributed by atoms with Gasteiger partial charge in [0.25, 0.3) is 11.8 Å². The third kappa shape index (κ3) is 4.71. The van der Waals surface area contributed by atoms with Gasteiger partial charge in [-0.25, -0.2) is 9.37 Å². The van der Waals surface area contributed by atoms with Crippen molar-refractivity contribution in [3.63, 3.8) is 0 Å². The molecule has 0 aliphatic heterocycles. The molecule has 128 valence electrons. The lowest BCUT2D eigenvalue weighted by atomic mass is 10.2. The molecule has 0 bridgehead atoms. The SMILES string of the molecule is O=C(Nc1nc(C(=O)NCCc2cccs2)cs1)c1cccc(F)c1. The van der Waals surface area contributed by atoms with E-state index in [1.165, 1.54) is 23.1 Å². The number of nitrogens with zero attached hydrogens (tertiary/aromatic N) is 1. The fourth-order valence-electron chi connectivity index (χ4n) is 2.08. The number of nitrogens with one attached hydrogen (secondary N) is 2. The Balaban J connectivity index is 1.54. The monoisotopic (exact) mass is 375 g/mol. The van der Waals surface area contributed by atoms with Crippen LogP contribution in [0.15, 0.2) is 47.2 Å². The highest BCUT2D eigenvalue weighted by Gasteiger charge is 2.13. The first-order valence-corrected chi connectivity index (χ1v) is 9.21. The third-order valence-corrected chi connectivity index (χ3v) is 4.98. The lowest BCUT2D eigenvalue weighted by Crippen LogP contribution is -2.25. The van der Waals surface area contributed by atoms with Crippen LogP contribution in [0.1, 0.15) is 25.7 Å². The predicted molar refractivity (Wildman–Crippen MR) is 96.8 cm³/mol. The van der Waals surface area contributed by atoms with Gasteiger partial charge in [0.1, 0.15) is 11.5 Å². The van der Waals surface area contributed by atoms with Gasteiger partial charge in [-0.2, -0.15) is 0 Å². The minimum atomic E-state index is -0.488. The van der Waals surface area contributed by atoms with E-state index in [1.54, 1.807) is 16.7 Å². The third-order valence-electron chi connectivity index (χ3n) is 3.28. The molecule has 25 heavy (non-hydrogen) atoms. The number of carbonyl (C=O) groups excluding carboxylic acids is 2. The Hall–Kier alpha value is -2.58. The summed E-state index contributed by atoms with van der Waals surface area (Å²) in [6.07, 6.45) is 0.761. The Morgan fingerprint density at radius 2 is 2.00 bits per heavy atom. The number of hydrogen-bond donors (Lipinski definition) is 2. The van der Waals surface area contributed by atoms with Crippen molar-refractivity contribution >= 4 is 39.6 Å². The van der Waals surface area contributed by atoms with E-state index in [0.717, 1.165) is 23.8 Å². The van der Waals surface area contributed by atoms with Crippen LogP contribution in [0, 0.1) is 5.82 Å². The average Bonchev–Trinajstić information content (AvgIpc) is 3.26. The molecular weight excluding hydrogens is 361 g/mol. The molecule has 2 N–H and O–H groups in total. The van der Waals surface area contributed by atoms with Gasteiger partial charge in [-0.15, -0.1) is 22.7 Å². The van der Waals surface area contributed by atoms with Crippen molar-refractivity contribution in [2.24, 2.45) is 0 Å². The molecule has 0 atom stereocenters. The van der Waals surface area contributed by atoms with Crippen molar-refractivity contribution in [3.8, 4) is 0 Å². The van der Waals surface area contributed by atoms with Gasteiger partial charge in [0.2, 0.25) is 0 Å². The minimum absolute atomic E-state index is 0.192. The fourth-order valence-corrected chi connectivity index (χ4v) is 3.47. The van der Waals surface area contributed by atoms with E-state index in [4.69, 9.17) is 0 Å². The van der Waals surface area contributed by atoms with Crippen LogP contribution >= 0.6 is 22.7 Å². The Bertz CT molecular complexity index is 878. The van der Waals surface area contributed by atoms with Crippen LogP contribution in [0.4, 0.5) is 9.52 Å². The van der Waals surface area contributed by atoms with Gasteiger partial charge >= 0.3 is 0 Å². The first-order chi connectivity index (χ1) is 12.1. The molecule has 8 heteroatoms. The van der Waals surface area contributed by atoms with Crippen molar-refractivity contribution in [1.29, 1.82) is 0 Å². The van der Waals surface area contributed by atoms with Gasteiger partial charge < -0.3 is 5.32 Å². The lowest BCUT2D eigenvalue weighted by Gasteiger charge is -2.02. The van der Waals surface area contributed by atoms with Crippen molar-refractivity contribution < 1.29 is 14.0 Å². The smallest absolute Gasteiger partial charge is 0.270 e. The lowest BCUT2D eigenvalue weighted by molar-refractivity contribution is 0.0948. The maximum absolute atomic E-state index is 13.2. The maximum atomic E-state index is 13.2. The molecule has 0 aliphatic carbocycles. The largest absolute Gasteiger partial charge is 0.350 e. The molecule has 0 saturated heterocycles. The summed E-state index contributed by atoms with van der Waals surface area (Å²) < 4.78 is 13.2. The topological polar surface area (TPSA) is 71.1 Å². The zero-order chi connectivity index (χ0) is 17.6. The van der Waals surface area contributed by atoms with Crippen molar-refractivity contribution in [1.82, 2.24) is 10.3 Å². The second-order valence-electron chi connectivity index (χ2n) is 5.09. The molecule has 3 rings (SSSR count).